The highest BCUT2D eigenvalue weighted by Gasteiger charge is 2.19. The highest BCUT2D eigenvalue weighted by Crippen LogP contribution is 2.18. The highest BCUT2D eigenvalue weighted by atomic mass is 16.5. The van der Waals surface area contributed by atoms with Crippen molar-refractivity contribution < 1.29 is 19.4 Å². The number of imidazole rings is 1. The molecule has 0 bridgehead atoms. The standard InChI is InChI=1S/C14H15N3O4/c1-2-6-21-10-5-3-4-9(7-10)17-13(18)11-12(14(19)20)16-8-15-11/h3-5,7-8H,2,6H2,1H3,(H,15,16)(H,17,18)(H,19,20). The molecule has 110 valence electrons. The number of carboxylic acids is 1. The molecule has 0 saturated heterocycles. The van der Waals surface area contributed by atoms with E-state index in [-0.39, 0.29) is 11.4 Å². The van der Waals surface area contributed by atoms with Gasteiger partial charge in [0.2, 0.25) is 0 Å². The normalized spacial score (nSPS) is 10.1. The quantitative estimate of drug-likeness (QED) is 0.755. The van der Waals surface area contributed by atoms with Gasteiger partial charge in [-0.2, -0.15) is 0 Å². The molecule has 1 heterocycles. The van der Waals surface area contributed by atoms with Crippen molar-refractivity contribution in [3.05, 3.63) is 42.0 Å². The van der Waals surface area contributed by atoms with Gasteiger partial charge >= 0.3 is 5.97 Å². The van der Waals surface area contributed by atoms with Gasteiger partial charge in [-0.25, -0.2) is 9.78 Å². The maximum absolute atomic E-state index is 12.0. The minimum atomic E-state index is -1.24. The Morgan fingerprint density at radius 2 is 2.24 bits per heavy atom. The number of hydrogen-bond acceptors (Lipinski definition) is 4. The lowest BCUT2D eigenvalue weighted by molar-refractivity contribution is 0.0686. The number of anilines is 1. The van der Waals surface area contributed by atoms with Gasteiger partial charge in [-0.15, -0.1) is 0 Å². The number of aromatic amines is 1. The number of rotatable bonds is 6. The molecule has 2 aromatic rings. The summed E-state index contributed by atoms with van der Waals surface area (Å²) in [7, 11) is 0. The number of carboxylic acid groups (broad SMARTS) is 1. The second-order valence-corrected chi connectivity index (χ2v) is 4.26. The summed E-state index contributed by atoms with van der Waals surface area (Å²) in [5.74, 6) is -1.20. The molecule has 2 rings (SSSR count). The molecular formula is C14H15N3O4. The van der Waals surface area contributed by atoms with Crippen LogP contribution in [-0.4, -0.2) is 33.6 Å². The zero-order valence-corrected chi connectivity index (χ0v) is 11.4. The van der Waals surface area contributed by atoms with Crippen LogP contribution in [0, 0.1) is 0 Å². The molecule has 3 N–H and O–H groups in total. The van der Waals surface area contributed by atoms with Crippen LogP contribution in [0.5, 0.6) is 5.75 Å². The molecule has 0 aliphatic heterocycles. The van der Waals surface area contributed by atoms with E-state index in [1.807, 2.05) is 6.92 Å². The summed E-state index contributed by atoms with van der Waals surface area (Å²) in [6, 6.07) is 6.87. The van der Waals surface area contributed by atoms with Gasteiger partial charge in [-0.05, 0) is 18.6 Å². The third-order valence-corrected chi connectivity index (χ3v) is 2.63. The minimum Gasteiger partial charge on any atom is -0.494 e. The number of hydrogen-bond donors (Lipinski definition) is 3. The van der Waals surface area contributed by atoms with E-state index >= 15 is 0 Å². The van der Waals surface area contributed by atoms with Crippen LogP contribution >= 0.6 is 0 Å². The van der Waals surface area contributed by atoms with Gasteiger partial charge < -0.3 is 20.1 Å². The molecule has 0 radical (unpaired) electrons. The van der Waals surface area contributed by atoms with Gasteiger partial charge in [-0.1, -0.05) is 13.0 Å². The third kappa shape index (κ3) is 3.59. The monoisotopic (exact) mass is 289 g/mol. The summed E-state index contributed by atoms with van der Waals surface area (Å²) < 4.78 is 5.46. The average molecular weight is 289 g/mol. The number of H-pyrrole nitrogens is 1. The summed E-state index contributed by atoms with van der Waals surface area (Å²) in [5.41, 5.74) is 0.0983. The van der Waals surface area contributed by atoms with Crippen molar-refractivity contribution in [1.82, 2.24) is 9.97 Å². The number of ether oxygens (including phenoxy) is 1. The van der Waals surface area contributed by atoms with Crippen LogP contribution in [0.2, 0.25) is 0 Å². The van der Waals surface area contributed by atoms with E-state index in [9.17, 15) is 9.59 Å². The summed E-state index contributed by atoms with van der Waals surface area (Å²) in [4.78, 5) is 29.1. The van der Waals surface area contributed by atoms with E-state index in [1.165, 1.54) is 6.33 Å². The van der Waals surface area contributed by atoms with Crippen molar-refractivity contribution in [2.24, 2.45) is 0 Å². The summed E-state index contributed by atoms with van der Waals surface area (Å²) >= 11 is 0. The number of nitrogens with one attached hydrogen (secondary N) is 2. The van der Waals surface area contributed by atoms with Gasteiger partial charge in [-0.3, -0.25) is 4.79 Å². The predicted octanol–water partition coefficient (Wildman–Crippen LogP) is 2.15. The molecule has 0 saturated carbocycles. The lowest BCUT2D eigenvalue weighted by Crippen LogP contribution is -2.16. The number of carbonyl (C=O) groups excluding carboxylic acids is 1. The van der Waals surface area contributed by atoms with Crippen molar-refractivity contribution in [3.63, 3.8) is 0 Å². The molecule has 0 aliphatic rings. The largest absolute Gasteiger partial charge is 0.494 e. The molecule has 7 nitrogen and oxygen atoms in total. The van der Waals surface area contributed by atoms with Crippen molar-refractivity contribution >= 4 is 17.6 Å². The third-order valence-electron chi connectivity index (χ3n) is 2.63. The summed E-state index contributed by atoms with van der Waals surface area (Å²) in [6.07, 6.45) is 2.05. The number of nitrogens with zero attached hydrogens (tertiary/aromatic N) is 1. The molecule has 0 unspecified atom stereocenters. The molecule has 21 heavy (non-hydrogen) atoms. The Hall–Kier alpha value is -2.83. The fraction of sp³-hybridized carbons (Fsp3) is 0.214. The minimum absolute atomic E-state index is 0.164. The Bertz CT molecular complexity index is 651. The van der Waals surface area contributed by atoms with Crippen LogP contribution < -0.4 is 10.1 Å². The molecule has 1 aromatic carbocycles. The Kier molecular flexibility index (Phi) is 4.55. The van der Waals surface area contributed by atoms with Gasteiger partial charge in [0, 0.05) is 11.8 Å². The number of benzene rings is 1. The maximum Gasteiger partial charge on any atom is 0.354 e. The molecule has 0 spiro atoms. The SMILES string of the molecule is CCCOc1cccc(NC(=O)c2nc[nH]c2C(=O)O)c1. The van der Waals surface area contributed by atoms with Crippen molar-refractivity contribution in [2.75, 3.05) is 11.9 Å². The van der Waals surface area contributed by atoms with Crippen LogP contribution in [0.25, 0.3) is 0 Å². The Labute approximate surface area is 121 Å². The number of aromatic nitrogens is 2. The zero-order chi connectivity index (χ0) is 15.2. The summed E-state index contributed by atoms with van der Waals surface area (Å²) in [5, 5.41) is 11.5. The van der Waals surface area contributed by atoms with E-state index in [4.69, 9.17) is 9.84 Å². The van der Waals surface area contributed by atoms with Crippen molar-refractivity contribution in [2.45, 2.75) is 13.3 Å². The first-order chi connectivity index (χ1) is 10.1. The predicted molar refractivity (Wildman–Crippen MR) is 75.7 cm³/mol. The lowest BCUT2D eigenvalue weighted by Gasteiger charge is -2.08. The highest BCUT2D eigenvalue weighted by molar-refractivity contribution is 6.08. The average Bonchev–Trinajstić information content (AvgIpc) is 2.95. The lowest BCUT2D eigenvalue weighted by atomic mass is 10.2. The Balaban J connectivity index is 2.12. The topological polar surface area (TPSA) is 104 Å². The number of amides is 1. The Morgan fingerprint density at radius 1 is 1.43 bits per heavy atom. The van der Waals surface area contributed by atoms with E-state index in [0.717, 1.165) is 6.42 Å². The van der Waals surface area contributed by atoms with E-state index in [1.54, 1.807) is 24.3 Å². The Morgan fingerprint density at radius 3 is 2.95 bits per heavy atom. The van der Waals surface area contributed by atoms with E-state index in [0.29, 0.717) is 18.0 Å². The molecule has 1 amide bonds. The van der Waals surface area contributed by atoms with E-state index < -0.39 is 11.9 Å². The second kappa shape index (κ2) is 6.56. The van der Waals surface area contributed by atoms with Gasteiger partial charge in [0.1, 0.15) is 5.75 Å². The van der Waals surface area contributed by atoms with Crippen LogP contribution in [0.1, 0.15) is 34.3 Å². The maximum atomic E-state index is 12.0. The molecule has 0 aliphatic carbocycles. The first-order valence-corrected chi connectivity index (χ1v) is 6.42. The molecular weight excluding hydrogens is 274 g/mol. The summed E-state index contributed by atoms with van der Waals surface area (Å²) in [6.45, 7) is 2.58. The number of aromatic carboxylic acids is 1. The van der Waals surface area contributed by atoms with Crippen LogP contribution in [0.3, 0.4) is 0 Å². The first-order valence-electron chi connectivity index (χ1n) is 6.42. The molecule has 7 heteroatoms. The van der Waals surface area contributed by atoms with Gasteiger partial charge in [0.25, 0.3) is 5.91 Å². The van der Waals surface area contributed by atoms with E-state index in [2.05, 4.69) is 15.3 Å². The fourth-order valence-electron chi connectivity index (χ4n) is 1.70. The number of carbonyl (C=O) groups is 2. The van der Waals surface area contributed by atoms with Crippen LogP contribution in [0.4, 0.5) is 5.69 Å². The van der Waals surface area contributed by atoms with Crippen LogP contribution in [0.15, 0.2) is 30.6 Å². The van der Waals surface area contributed by atoms with Gasteiger partial charge in [0.05, 0.1) is 12.9 Å². The second-order valence-electron chi connectivity index (χ2n) is 4.26. The molecule has 0 atom stereocenters. The van der Waals surface area contributed by atoms with Gasteiger partial charge in [0.15, 0.2) is 11.4 Å². The van der Waals surface area contributed by atoms with Crippen molar-refractivity contribution in [3.8, 4) is 5.75 Å². The molecule has 0 fully saturated rings. The fourth-order valence-corrected chi connectivity index (χ4v) is 1.70. The first kappa shape index (κ1) is 14.6. The smallest absolute Gasteiger partial charge is 0.354 e. The zero-order valence-electron chi connectivity index (χ0n) is 11.4. The molecule has 1 aromatic heterocycles. The van der Waals surface area contributed by atoms with Crippen molar-refractivity contribution in [1.29, 1.82) is 0 Å². The van der Waals surface area contributed by atoms with Crippen LogP contribution in [-0.2, 0) is 0 Å².